The molecule has 0 aliphatic carbocycles. The van der Waals surface area contributed by atoms with Gasteiger partial charge in [0.1, 0.15) is 0 Å². The topological polar surface area (TPSA) is 91.4 Å². The summed E-state index contributed by atoms with van der Waals surface area (Å²) in [6, 6.07) is -1.14. The van der Waals surface area contributed by atoms with E-state index >= 15 is 0 Å². The lowest BCUT2D eigenvalue weighted by molar-refractivity contribution is -0.285. The maximum atomic E-state index is 12.8. The van der Waals surface area contributed by atoms with Crippen LogP contribution in [0.25, 0.3) is 0 Å². The molecule has 2 rings (SSSR count). The van der Waals surface area contributed by atoms with Crippen LogP contribution in [-0.4, -0.2) is 78.6 Å². The first kappa shape index (κ1) is 15.5. The Labute approximate surface area is 122 Å². The van der Waals surface area contributed by atoms with E-state index in [1.54, 1.807) is 13.8 Å². The summed E-state index contributed by atoms with van der Waals surface area (Å²) < 4.78 is 11.3. The van der Waals surface area contributed by atoms with E-state index in [2.05, 4.69) is 5.32 Å². The Bertz CT molecular complexity index is 498. The fourth-order valence-corrected chi connectivity index (χ4v) is 2.86. The molecular formula is C12H20N4O5. The number of fused-ring (bicyclic) bond motifs is 1. The van der Waals surface area contributed by atoms with Gasteiger partial charge in [0.05, 0.1) is 0 Å². The first-order chi connectivity index (χ1) is 9.80. The fraction of sp³-hybridized carbons (Fsp3) is 0.750. The van der Waals surface area contributed by atoms with Gasteiger partial charge in [0.15, 0.2) is 0 Å². The van der Waals surface area contributed by atoms with Gasteiger partial charge in [-0.2, -0.15) is 0 Å². The third-order valence-electron chi connectivity index (χ3n) is 3.86. The minimum atomic E-state index is -1.76. The van der Waals surface area contributed by atoms with Crippen LogP contribution in [0.15, 0.2) is 0 Å². The number of hydrogen-bond acceptors (Lipinski definition) is 5. The second-order valence-corrected chi connectivity index (χ2v) is 4.85. The third-order valence-corrected chi connectivity index (χ3v) is 3.86. The molecule has 0 aromatic rings. The molecule has 118 valence electrons. The van der Waals surface area contributed by atoms with Gasteiger partial charge in [-0.05, 0) is 13.8 Å². The molecule has 0 aromatic heterocycles. The Morgan fingerprint density at radius 3 is 2.10 bits per heavy atom. The van der Waals surface area contributed by atoms with Crippen molar-refractivity contribution in [3.8, 4) is 0 Å². The Morgan fingerprint density at radius 2 is 1.57 bits per heavy atom. The predicted octanol–water partition coefficient (Wildman–Crippen LogP) is -0.412. The summed E-state index contributed by atoms with van der Waals surface area (Å²) in [5, 5.41) is 2.57. The SMILES string of the molecule is CCOC12NC(=O)N(C)C1(OCC)C(=O)N(C)C(=O)N2C. The first-order valence-corrected chi connectivity index (χ1v) is 6.70. The Kier molecular flexibility index (Phi) is 3.58. The van der Waals surface area contributed by atoms with Gasteiger partial charge >= 0.3 is 12.1 Å². The smallest absolute Gasteiger partial charge is 0.330 e. The molecule has 2 aliphatic heterocycles. The van der Waals surface area contributed by atoms with Crippen LogP contribution in [0.5, 0.6) is 0 Å². The van der Waals surface area contributed by atoms with Crippen molar-refractivity contribution in [3.63, 3.8) is 0 Å². The zero-order valence-electron chi connectivity index (χ0n) is 12.8. The van der Waals surface area contributed by atoms with Crippen molar-refractivity contribution in [3.05, 3.63) is 0 Å². The summed E-state index contributed by atoms with van der Waals surface area (Å²) in [6.45, 7) is 3.75. The number of likely N-dealkylation sites (N-methyl/N-ethyl adjacent to an activating group) is 3. The number of nitrogens with zero attached hydrogens (tertiary/aromatic N) is 3. The molecule has 0 aromatic carbocycles. The van der Waals surface area contributed by atoms with Crippen LogP contribution < -0.4 is 5.32 Å². The maximum absolute atomic E-state index is 12.8. The molecule has 1 N–H and O–H groups in total. The zero-order valence-corrected chi connectivity index (χ0v) is 12.8. The van der Waals surface area contributed by atoms with Gasteiger partial charge in [-0.3, -0.25) is 24.8 Å². The van der Waals surface area contributed by atoms with Crippen molar-refractivity contribution in [1.29, 1.82) is 0 Å². The van der Waals surface area contributed by atoms with Crippen molar-refractivity contribution in [2.24, 2.45) is 0 Å². The number of hydrogen-bond donors (Lipinski definition) is 1. The van der Waals surface area contributed by atoms with E-state index in [-0.39, 0.29) is 13.2 Å². The summed E-state index contributed by atoms with van der Waals surface area (Å²) in [5.74, 6) is -2.34. The van der Waals surface area contributed by atoms with Gasteiger partial charge in [0, 0.05) is 34.4 Å². The molecule has 5 amide bonds. The lowest BCUT2D eigenvalue weighted by atomic mass is 10.0. The van der Waals surface area contributed by atoms with E-state index in [0.29, 0.717) is 0 Å². The number of imide groups is 1. The molecule has 0 bridgehead atoms. The van der Waals surface area contributed by atoms with Crippen LogP contribution in [0.3, 0.4) is 0 Å². The van der Waals surface area contributed by atoms with Crippen LogP contribution in [0, 0.1) is 0 Å². The highest BCUT2D eigenvalue weighted by Gasteiger charge is 2.76. The minimum absolute atomic E-state index is 0.162. The number of urea groups is 2. The van der Waals surface area contributed by atoms with Gasteiger partial charge in [0.25, 0.3) is 17.5 Å². The van der Waals surface area contributed by atoms with Crippen LogP contribution in [0.2, 0.25) is 0 Å². The molecule has 2 saturated heterocycles. The van der Waals surface area contributed by atoms with Crippen molar-refractivity contribution in [2.75, 3.05) is 34.4 Å². The molecule has 0 saturated carbocycles. The highest BCUT2D eigenvalue weighted by Crippen LogP contribution is 2.43. The molecule has 2 unspecified atom stereocenters. The Hall–Kier alpha value is -1.87. The van der Waals surface area contributed by atoms with Crippen molar-refractivity contribution >= 4 is 18.0 Å². The highest BCUT2D eigenvalue weighted by molar-refractivity contribution is 6.06. The average molecular weight is 300 g/mol. The van der Waals surface area contributed by atoms with Crippen LogP contribution in [0.4, 0.5) is 9.59 Å². The molecule has 2 atom stereocenters. The Balaban J connectivity index is 2.70. The fourth-order valence-electron chi connectivity index (χ4n) is 2.86. The monoisotopic (exact) mass is 300 g/mol. The standard InChI is InChI=1S/C12H20N4O5/c1-6-20-11-8(17)14(3)10(19)16(5)12(11,21-7-2)13-9(18)15(11)4/h6-7H2,1-5H3,(H,13,18). The molecular weight excluding hydrogens is 280 g/mol. The summed E-state index contributed by atoms with van der Waals surface area (Å²) in [5.41, 5.74) is -1.76. The third kappa shape index (κ3) is 1.61. The van der Waals surface area contributed by atoms with Gasteiger partial charge < -0.3 is 9.47 Å². The van der Waals surface area contributed by atoms with Gasteiger partial charge in [-0.1, -0.05) is 0 Å². The van der Waals surface area contributed by atoms with Crippen molar-refractivity contribution in [2.45, 2.75) is 25.4 Å². The molecule has 9 heteroatoms. The Morgan fingerprint density at radius 1 is 1.00 bits per heavy atom. The van der Waals surface area contributed by atoms with Gasteiger partial charge in [-0.15, -0.1) is 0 Å². The summed E-state index contributed by atoms with van der Waals surface area (Å²) in [6.07, 6.45) is 0. The summed E-state index contributed by atoms with van der Waals surface area (Å²) in [7, 11) is 4.23. The summed E-state index contributed by atoms with van der Waals surface area (Å²) in [4.78, 5) is 40.4. The maximum Gasteiger partial charge on any atom is 0.330 e. The zero-order chi connectivity index (χ0) is 16.0. The number of amides is 5. The molecule has 2 heterocycles. The number of ether oxygens (including phenoxy) is 2. The van der Waals surface area contributed by atoms with E-state index in [1.165, 1.54) is 26.0 Å². The normalized spacial score (nSPS) is 32.6. The first-order valence-electron chi connectivity index (χ1n) is 6.70. The van der Waals surface area contributed by atoms with E-state index < -0.39 is 29.5 Å². The molecule has 9 nitrogen and oxygen atoms in total. The lowest BCUT2D eigenvalue weighted by Gasteiger charge is -2.52. The lowest BCUT2D eigenvalue weighted by Crippen LogP contribution is -2.81. The number of carbonyl (C=O) groups excluding carboxylic acids is 3. The van der Waals surface area contributed by atoms with Crippen molar-refractivity contribution in [1.82, 2.24) is 20.0 Å². The molecule has 2 fully saturated rings. The number of carbonyl (C=O) groups is 3. The second kappa shape index (κ2) is 4.85. The van der Waals surface area contributed by atoms with E-state index in [9.17, 15) is 14.4 Å². The van der Waals surface area contributed by atoms with Crippen LogP contribution in [-0.2, 0) is 14.3 Å². The summed E-state index contributed by atoms with van der Waals surface area (Å²) >= 11 is 0. The number of rotatable bonds is 4. The average Bonchev–Trinajstić information content (AvgIpc) is 2.67. The largest absolute Gasteiger partial charge is 0.342 e. The quantitative estimate of drug-likeness (QED) is 0.762. The van der Waals surface area contributed by atoms with Gasteiger partial charge in [0.2, 0.25) is 0 Å². The molecule has 0 spiro atoms. The minimum Gasteiger partial charge on any atom is -0.342 e. The number of nitrogens with one attached hydrogen (secondary N) is 1. The molecule has 0 radical (unpaired) electrons. The molecule has 2 aliphatic rings. The predicted molar refractivity (Wildman–Crippen MR) is 70.9 cm³/mol. The van der Waals surface area contributed by atoms with Crippen molar-refractivity contribution < 1.29 is 23.9 Å². The second-order valence-electron chi connectivity index (χ2n) is 4.85. The van der Waals surface area contributed by atoms with Crippen LogP contribution in [0.1, 0.15) is 13.8 Å². The van der Waals surface area contributed by atoms with Crippen LogP contribution >= 0.6 is 0 Å². The van der Waals surface area contributed by atoms with E-state index in [4.69, 9.17) is 9.47 Å². The van der Waals surface area contributed by atoms with E-state index in [1.807, 2.05) is 0 Å². The molecule has 21 heavy (non-hydrogen) atoms. The van der Waals surface area contributed by atoms with E-state index in [0.717, 1.165) is 9.80 Å². The van der Waals surface area contributed by atoms with Gasteiger partial charge in [-0.25, -0.2) is 9.59 Å². The highest BCUT2D eigenvalue weighted by atomic mass is 16.6.